The summed E-state index contributed by atoms with van der Waals surface area (Å²) in [5.41, 5.74) is 0. The first-order valence-corrected chi connectivity index (χ1v) is 5.75. The van der Waals surface area contributed by atoms with Crippen LogP contribution in [0.25, 0.3) is 0 Å². The predicted octanol–water partition coefficient (Wildman–Crippen LogP) is 1.57. The largest absolute Gasteiger partial charge is 0.396 e. The summed E-state index contributed by atoms with van der Waals surface area (Å²) in [6, 6.07) is 0. The van der Waals surface area contributed by atoms with Crippen molar-refractivity contribution in [3.63, 3.8) is 0 Å². The van der Waals surface area contributed by atoms with E-state index < -0.39 is 0 Å². The Kier molecular flexibility index (Phi) is 5.60. The van der Waals surface area contributed by atoms with Gasteiger partial charge in [-0.05, 0) is 25.2 Å². The predicted molar refractivity (Wildman–Crippen MR) is 59.6 cm³/mol. The van der Waals surface area contributed by atoms with Gasteiger partial charge in [0.15, 0.2) is 0 Å². The summed E-state index contributed by atoms with van der Waals surface area (Å²) in [5, 5.41) is 12.3. The van der Waals surface area contributed by atoms with Crippen LogP contribution in [-0.2, 0) is 0 Å². The minimum atomic E-state index is 0.304. The van der Waals surface area contributed by atoms with Crippen LogP contribution in [-0.4, -0.2) is 30.6 Å². The fraction of sp³-hybridized carbons (Fsp3) is 0.909. The lowest BCUT2D eigenvalue weighted by Crippen LogP contribution is -2.28. The Hall–Kier alpha value is -0.570. The van der Waals surface area contributed by atoms with Crippen molar-refractivity contribution in [2.75, 3.05) is 19.7 Å². The van der Waals surface area contributed by atoms with Gasteiger partial charge in [-0.2, -0.15) is 0 Å². The third kappa shape index (κ3) is 4.09. The zero-order valence-corrected chi connectivity index (χ0v) is 9.13. The maximum Gasteiger partial charge on any atom is 0.0963 e. The van der Waals surface area contributed by atoms with Crippen LogP contribution in [0, 0.1) is 5.92 Å². The van der Waals surface area contributed by atoms with Crippen molar-refractivity contribution >= 4 is 5.84 Å². The first-order chi connectivity index (χ1) is 6.86. The Bertz CT molecular complexity index is 174. The summed E-state index contributed by atoms with van der Waals surface area (Å²) in [6.07, 6.45) is 5.60. The fourth-order valence-electron chi connectivity index (χ4n) is 1.89. The standard InChI is InChI=1S/C11H22N2O/c1-2-4-10(6-8-14)9-13-11-5-3-7-12-11/h10,14H,2-9H2,1H3,(H,12,13). The van der Waals surface area contributed by atoms with E-state index in [1.807, 2.05) is 0 Å². The molecule has 3 heteroatoms. The van der Waals surface area contributed by atoms with Gasteiger partial charge >= 0.3 is 0 Å². The fourth-order valence-corrected chi connectivity index (χ4v) is 1.89. The molecular formula is C11H22N2O. The zero-order chi connectivity index (χ0) is 10.2. The molecule has 0 aromatic rings. The molecule has 0 aromatic heterocycles. The molecule has 1 aliphatic heterocycles. The van der Waals surface area contributed by atoms with Crippen molar-refractivity contribution in [1.82, 2.24) is 5.32 Å². The second-order valence-electron chi connectivity index (χ2n) is 3.98. The highest BCUT2D eigenvalue weighted by atomic mass is 16.3. The maximum absolute atomic E-state index is 8.90. The summed E-state index contributed by atoms with van der Waals surface area (Å²) in [7, 11) is 0. The van der Waals surface area contributed by atoms with Gasteiger partial charge in [-0.15, -0.1) is 0 Å². The summed E-state index contributed by atoms with van der Waals surface area (Å²) in [4.78, 5) is 4.37. The number of rotatable bonds is 6. The van der Waals surface area contributed by atoms with Gasteiger partial charge in [0, 0.05) is 26.1 Å². The molecular weight excluding hydrogens is 176 g/mol. The van der Waals surface area contributed by atoms with Gasteiger partial charge in [-0.1, -0.05) is 13.3 Å². The van der Waals surface area contributed by atoms with Gasteiger partial charge < -0.3 is 10.4 Å². The van der Waals surface area contributed by atoms with Gasteiger partial charge in [0.05, 0.1) is 5.84 Å². The molecule has 0 fully saturated rings. The second-order valence-corrected chi connectivity index (χ2v) is 3.98. The average Bonchev–Trinajstić information content (AvgIpc) is 2.67. The Balaban J connectivity index is 2.17. The summed E-state index contributed by atoms with van der Waals surface area (Å²) >= 11 is 0. The van der Waals surface area contributed by atoms with E-state index in [1.165, 1.54) is 25.1 Å². The number of amidine groups is 1. The number of aliphatic hydroxyl groups is 1. The number of hydrogen-bond donors (Lipinski definition) is 2. The minimum Gasteiger partial charge on any atom is -0.396 e. The molecule has 0 aromatic carbocycles. The van der Waals surface area contributed by atoms with E-state index in [0.717, 1.165) is 25.9 Å². The van der Waals surface area contributed by atoms with E-state index in [0.29, 0.717) is 12.5 Å². The normalized spacial score (nSPS) is 18.0. The van der Waals surface area contributed by atoms with Crippen LogP contribution in [0.15, 0.2) is 4.99 Å². The molecule has 0 amide bonds. The van der Waals surface area contributed by atoms with Crippen molar-refractivity contribution in [3.05, 3.63) is 0 Å². The topological polar surface area (TPSA) is 44.6 Å². The summed E-state index contributed by atoms with van der Waals surface area (Å²) in [6.45, 7) is 4.46. The first-order valence-electron chi connectivity index (χ1n) is 5.75. The van der Waals surface area contributed by atoms with Crippen LogP contribution in [0.2, 0.25) is 0 Å². The first kappa shape index (κ1) is 11.5. The molecule has 0 radical (unpaired) electrons. The molecule has 1 heterocycles. The van der Waals surface area contributed by atoms with Crippen molar-refractivity contribution in [3.8, 4) is 0 Å². The molecule has 0 saturated carbocycles. The molecule has 1 rings (SSSR count). The van der Waals surface area contributed by atoms with Crippen LogP contribution in [0.1, 0.15) is 39.0 Å². The van der Waals surface area contributed by atoms with E-state index in [-0.39, 0.29) is 0 Å². The van der Waals surface area contributed by atoms with E-state index in [1.54, 1.807) is 0 Å². The smallest absolute Gasteiger partial charge is 0.0963 e. The van der Waals surface area contributed by atoms with Crippen LogP contribution >= 0.6 is 0 Å². The van der Waals surface area contributed by atoms with E-state index in [2.05, 4.69) is 17.2 Å². The number of nitrogens with zero attached hydrogens (tertiary/aromatic N) is 1. The highest BCUT2D eigenvalue weighted by Crippen LogP contribution is 2.10. The number of hydrogen-bond acceptors (Lipinski definition) is 3. The van der Waals surface area contributed by atoms with Crippen LogP contribution in [0.5, 0.6) is 0 Å². The highest BCUT2D eigenvalue weighted by Gasteiger charge is 2.10. The van der Waals surface area contributed by atoms with Crippen molar-refractivity contribution in [2.45, 2.75) is 39.0 Å². The van der Waals surface area contributed by atoms with Crippen molar-refractivity contribution < 1.29 is 5.11 Å². The van der Waals surface area contributed by atoms with Gasteiger partial charge in [0.25, 0.3) is 0 Å². The third-order valence-electron chi connectivity index (χ3n) is 2.70. The van der Waals surface area contributed by atoms with Crippen LogP contribution in [0.4, 0.5) is 0 Å². The monoisotopic (exact) mass is 198 g/mol. The van der Waals surface area contributed by atoms with Crippen LogP contribution < -0.4 is 5.32 Å². The van der Waals surface area contributed by atoms with Crippen LogP contribution in [0.3, 0.4) is 0 Å². The summed E-state index contributed by atoms with van der Waals surface area (Å²) < 4.78 is 0. The molecule has 0 saturated heterocycles. The second kappa shape index (κ2) is 6.82. The Morgan fingerprint density at radius 3 is 2.93 bits per heavy atom. The summed E-state index contributed by atoms with van der Waals surface area (Å²) in [5.74, 6) is 1.78. The lowest BCUT2D eigenvalue weighted by Gasteiger charge is -2.16. The number of aliphatic hydroxyl groups excluding tert-OH is 1. The van der Waals surface area contributed by atoms with Gasteiger partial charge in [-0.25, -0.2) is 0 Å². The zero-order valence-electron chi connectivity index (χ0n) is 9.13. The van der Waals surface area contributed by atoms with Crippen molar-refractivity contribution in [2.24, 2.45) is 10.9 Å². The molecule has 0 spiro atoms. The molecule has 1 atom stereocenters. The average molecular weight is 198 g/mol. The molecule has 2 N–H and O–H groups in total. The molecule has 1 aliphatic rings. The van der Waals surface area contributed by atoms with Gasteiger partial charge in [0.2, 0.25) is 0 Å². The van der Waals surface area contributed by atoms with Gasteiger partial charge in [0.1, 0.15) is 0 Å². The number of nitrogens with one attached hydrogen (secondary N) is 1. The maximum atomic E-state index is 8.90. The Morgan fingerprint density at radius 1 is 1.50 bits per heavy atom. The molecule has 3 nitrogen and oxygen atoms in total. The van der Waals surface area contributed by atoms with Gasteiger partial charge in [-0.3, -0.25) is 4.99 Å². The molecule has 0 aliphatic carbocycles. The lowest BCUT2D eigenvalue weighted by molar-refractivity contribution is 0.251. The van der Waals surface area contributed by atoms with E-state index in [9.17, 15) is 0 Å². The van der Waals surface area contributed by atoms with Crippen molar-refractivity contribution in [1.29, 1.82) is 0 Å². The number of aliphatic imine (C=N–C) groups is 1. The molecule has 82 valence electrons. The third-order valence-corrected chi connectivity index (χ3v) is 2.70. The highest BCUT2D eigenvalue weighted by molar-refractivity contribution is 5.83. The quantitative estimate of drug-likeness (QED) is 0.680. The van der Waals surface area contributed by atoms with E-state index >= 15 is 0 Å². The van der Waals surface area contributed by atoms with E-state index in [4.69, 9.17) is 5.11 Å². The molecule has 0 bridgehead atoms. The lowest BCUT2D eigenvalue weighted by atomic mass is 10.0. The molecule has 14 heavy (non-hydrogen) atoms. The SMILES string of the molecule is CCCC(CCO)CNC1=NCCC1. The Labute approximate surface area is 86.6 Å². The Morgan fingerprint density at radius 2 is 2.36 bits per heavy atom. The molecule has 1 unspecified atom stereocenters. The minimum absolute atomic E-state index is 0.304.